The van der Waals surface area contributed by atoms with Gasteiger partial charge in [-0.3, -0.25) is 9.79 Å². The van der Waals surface area contributed by atoms with Gasteiger partial charge in [-0.05, 0) is 6.08 Å². The van der Waals surface area contributed by atoms with Gasteiger partial charge in [0.1, 0.15) is 6.04 Å². The van der Waals surface area contributed by atoms with Crippen molar-refractivity contribution in [1.82, 2.24) is 5.32 Å². The number of hydrogen-bond acceptors (Lipinski definition) is 3. The number of hydrogen-bond donors (Lipinski definition) is 1. The number of aliphatic imine (C=N–C) groups is 1. The summed E-state index contributed by atoms with van der Waals surface area (Å²) in [6.07, 6.45) is 6.19. The molecule has 2 atom stereocenters. The summed E-state index contributed by atoms with van der Waals surface area (Å²) >= 11 is 0. The van der Waals surface area contributed by atoms with Crippen LogP contribution >= 0.6 is 0 Å². The van der Waals surface area contributed by atoms with Gasteiger partial charge in [0.25, 0.3) is 0 Å². The van der Waals surface area contributed by atoms with E-state index in [0.29, 0.717) is 6.42 Å². The second-order valence-corrected chi connectivity index (χ2v) is 2.82. The molecule has 1 N–H and O–H groups in total. The van der Waals surface area contributed by atoms with Crippen LogP contribution in [0.25, 0.3) is 0 Å². The number of piperidine rings is 1. The summed E-state index contributed by atoms with van der Waals surface area (Å²) in [4.78, 5) is 15.3. The van der Waals surface area contributed by atoms with Crippen LogP contribution in [-0.2, 0) is 4.79 Å². The Kier molecular flexibility index (Phi) is 1.58. The van der Waals surface area contributed by atoms with Gasteiger partial charge in [-0.15, -0.1) is 0 Å². The first-order valence-electron chi connectivity index (χ1n) is 3.84. The highest BCUT2D eigenvalue weighted by molar-refractivity contribution is 5.89. The summed E-state index contributed by atoms with van der Waals surface area (Å²) < 4.78 is 0. The van der Waals surface area contributed by atoms with E-state index >= 15 is 0 Å². The third kappa shape index (κ3) is 1.12. The molecule has 0 aromatic rings. The van der Waals surface area contributed by atoms with Crippen molar-refractivity contribution in [2.24, 2.45) is 4.99 Å². The van der Waals surface area contributed by atoms with Gasteiger partial charge >= 0.3 is 0 Å². The number of carbonyl (C=O) groups is 1. The normalized spacial score (nSPS) is 35.5. The molecule has 2 rings (SSSR count). The number of rotatable bonds is 0. The largest absolute Gasteiger partial charge is 0.308 e. The molecule has 1 fully saturated rings. The van der Waals surface area contributed by atoms with E-state index < -0.39 is 0 Å². The molecule has 0 aromatic carbocycles. The summed E-state index contributed by atoms with van der Waals surface area (Å²) in [6.45, 7) is 0.792. The van der Waals surface area contributed by atoms with E-state index in [2.05, 4.69) is 10.3 Å². The van der Waals surface area contributed by atoms with Crippen LogP contribution in [0.15, 0.2) is 17.1 Å². The number of carbonyl (C=O) groups excluding carboxylic acids is 1. The van der Waals surface area contributed by atoms with Crippen molar-refractivity contribution in [3.8, 4) is 0 Å². The SMILES string of the molecule is O=C1CCNC2C=CC=NC12. The standard InChI is InChI=1S/C8H10N2O/c11-7-3-5-9-6-2-1-4-10-8(6)7/h1-2,4,6,8-9H,3,5H2. The lowest BCUT2D eigenvalue weighted by atomic mass is 9.96. The van der Waals surface area contributed by atoms with E-state index in [0.717, 1.165) is 6.54 Å². The lowest BCUT2D eigenvalue weighted by Crippen LogP contribution is -2.49. The maximum Gasteiger partial charge on any atom is 0.160 e. The molecule has 2 aliphatic heterocycles. The third-order valence-electron chi connectivity index (χ3n) is 2.07. The molecule has 0 radical (unpaired) electrons. The number of allylic oxidation sites excluding steroid dienone is 1. The zero-order chi connectivity index (χ0) is 7.68. The zero-order valence-electron chi connectivity index (χ0n) is 6.16. The molecule has 11 heavy (non-hydrogen) atoms. The summed E-state index contributed by atoms with van der Waals surface area (Å²) in [5.74, 6) is 0.259. The van der Waals surface area contributed by atoms with Crippen LogP contribution in [0.4, 0.5) is 0 Å². The Morgan fingerprint density at radius 1 is 1.64 bits per heavy atom. The van der Waals surface area contributed by atoms with Gasteiger partial charge in [-0.1, -0.05) is 6.08 Å². The Morgan fingerprint density at radius 2 is 2.55 bits per heavy atom. The van der Waals surface area contributed by atoms with E-state index in [4.69, 9.17) is 0 Å². The Labute approximate surface area is 65.2 Å². The topological polar surface area (TPSA) is 41.5 Å². The minimum Gasteiger partial charge on any atom is -0.308 e. The monoisotopic (exact) mass is 150 g/mol. The molecule has 0 amide bonds. The van der Waals surface area contributed by atoms with Crippen LogP contribution in [0.2, 0.25) is 0 Å². The van der Waals surface area contributed by atoms with Crippen LogP contribution < -0.4 is 5.32 Å². The summed E-state index contributed by atoms with van der Waals surface area (Å²) in [6, 6.07) is 0.00926. The van der Waals surface area contributed by atoms with E-state index in [-0.39, 0.29) is 17.9 Å². The van der Waals surface area contributed by atoms with Crippen molar-refractivity contribution in [2.45, 2.75) is 18.5 Å². The predicted molar refractivity (Wildman–Crippen MR) is 42.8 cm³/mol. The van der Waals surface area contributed by atoms with Crippen molar-refractivity contribution in [3.63, 3.8) is 0 Å². The molecule has 2 aliphatic rings. The Hall–Kier alpha value is -0.960. The molecule has 1 saturated heterocycles. The number of Topliss-reactive ketones (excluding diaryl/α,β-unsaturated/α-hetero) is 1. The van der Waals surface area contributed by atoms with E-state index in [1.165, 1.54) is 0 Å². The van der Waals surface area contributed by atoms with Crippen LogP contribution in [0.1, 0.15) is 6.42 Å². The Balaban J connectivity index is 2.20. The first-order chi connectivity index (χ1) is 5.38. The van der Waals surface area contributed by atoms with Crippen LogP contribution in [0.5, 0.6) is 0 Å². The summed E-state index contributed by atoms with van der Waals surface area (Å²) in [5, 5.41) is 3.23. The lowest BCUT2D eigenvalue weighted by Gasteiger charge is -2.27. The van der Waals surface area contributed by atoms with Crippen molar-refractivity contribution in [3.05, 3.63) is 12.2 Å². The van der Waals surface area contributed by atoms with E-state index in [1.807, 2.05) is 12.2 Å². The first-order valence-corrected chi connectivity index (χ1v) is 3.84. The number of nitrogens with one attached hydrogen (secondary N) is 1. The van der Waals surface area contributed by atoms with Gasteiger partial charge in [-0.2, -0.15) is 0 Å². The van der Waals surface area contributed by atoms with Gasteiger partial charge in [-0.25, -0.2) is 0 Å². The van der Waals surface area contributed by atoms with Crippen molar-refractivity contribution in [2.75, 3.05) is 6.54 Å². The minimum absolute atomic E-state index is 0.145. The second-order valence-electron chi connectivity index (χ2n) is 2.82. The van der Waals surface area contributed by atoms with E-state index in [1.54, 1.807) is 6.21 Å². The van der Waals surface area contributed by atoms with Crippen LogP contribution in [-0.4, -0.2) is 30.6 Å². The highest BCUT2D eigenvalue weighted by atomic mass is 16.1. The first kappa shape index (κ1) is 6.73. The fourth-order valence-electron chi connectivity index (χ4n) is 1.48. The fourth-order valence-corrected chi connectivity index (χ4v) is 1.48. The average Bonchev–Trinajstić information content (AvgIpc) is 2.06. The maximum atomic E-state index is 11.2. The smallest absolute Gasteiger partial charge is 0.160 e. The molecule has 0 aliphatic carbocycles. The summed E-state index contributed by atoms with van der Waals surface area (Å²) in [5.41, 5.74) is 0. The number of nitrogens with zero attached hydrogens (tertiary/aromatic N) is 1. The lowest BCUT2D eigenvalue weighted by molar-refractivity contribution is -0.121. The average molecular weight is 150 g/mol. The zero-order valence-corrected chi connectivity index (χ0v) is 6.16. The Morgan fingerprint density at radius 3 is 3.36 bits per heavy atom. The van der Waals surface area contributed by atoms with Crippen molar-refractivity contribution in [1.29, 1.82) is 0 Å². The molecule has 2 heterocycles. The number of dihydropyridines is 1. The van der Waals surface area contributed by atoms with Crippen LogP contribution in [0.3, 0.4) is 0 Å². The quantitative estimate of drug-likeness (QED) is 0.525. The van der Waals surface area contributed by atoms with Gasteiger partial charge in [0.15, 0.2) is 5.78 Å². The molecular weight excluding hydrogens is 140 g/mol. The van der Waals surface area contributed by atoms with Crippen LogP contribution in [0, 0.1) is 0 Å². The number of fused-ring (bicyclic) bond motifs is 1. The van der Waals surface area contributed by atoms with Gasteiger partial charge < -0.3 is 5.32 Å². The molecule has 2 unspecified atom stereocenters. The summed E-state index contributed by atoms with van der Waals surface area (Å²) in [7, 11) is 0. The molecule has 58 valence electrons. The van der Waals surface area contributed by atoms with E-state index in [9.17, 15) is 4.79 Å². The van der Waals surface area contributed by atoms with Gasteiger partial charge in [0, 0.05) is 19.2 Å². The molecular formula is C8H10N2O. The number of ketones is 1. The third-order valence-corrected chi connectivity index (χ3v) is 2.07. The molecule has 0 bridgehead atoms. The fraction of sp³-hybridized carbons (Fsp3) is 0.500. The van der Waals surface area contributed by atoms with Gasteiger partial charge in [0.2, 0.25) is 0 Å². The highest BCUT2D eigenvalue weighted by Gasteiger charge is 2.29. The molecule has 0 spiro atoms. The molecule has 0 aromatic heterocycles. The maximum absolute atomic E-state index is 11.2. The predicted octanol–water partition coefficient (Wildman–Crippen LogP) is -0.0734. The second kappa shape index (κ2) is 2.58. The molecule has 0 saturated carbocycles. The molecule has 3 heteroatoms. The van der Waals surface area contributed by atoms with Gasteiger partial charge in [0.05, 0.1) is 6.04 Å². The molecule has 3 nitrogen and oxygen atoms in total. The van der Waals surface area contributed by atoms with Crippen molar-refractivity contribution < 1.29 is 4.79 Å². The highest BCUT2D eigenvalue weighted by Crippen LogP contribution is 2.12. The minimum atomic E-state index is -0.145. The van der Waals surface area contributed by atoms with Crippen molar-refractivity contribution >= 4 is 12.0 Å². The Bertz CT molecular complexity index is 232.